The SMILES string of the molecule is CCOc1ccc(/C(O)=C2\C(=O)C(=O)N(c3ccc(OC)cc3)C2c2ccc(Br)cc2)cc1. The number of halogens is 1. The first-order valence-corrected chi connectivity index (χ1v) is 11.2. The van der Waals surface area contributed by atoms with Gasteiger partial charge < -0.3 is 14.6 Å². The molecule has 1 fully saturated rings. The highest BCUT2D eigenvalue weighted by atomic mass is 79.9. The van der Waals surface area contributed by atoms with Crippen LogP contribution < -0.4 is 14.4 Å². The Morgan fingerprint density at radius 3 is 2.12 bits per heavy atom. The van der Waals surface area contributed by atoms with Crippen LogP contribution in [-0.4, -0.2) is 30.5 Å². The van der Waals surface area contributed by atoms with Crippen molar-refractivity contribution in [3.8, 4) is 11.5 Å². The monoisotopic (exact) mass is 507 g/mol. The molecule has 1 unspecified atom stereocenters. The fourth-order valence-corrected chi connectivity index (χ4v) is 4.10. The first kappa shape index (κ1) is 22.6. The number of Topliss-reactive ketones (excluding diaryl/α,β-unsaturated/α-hetero) is 1. The van der Waals surface area contributed by atoms with Gasteiger partial charge in [-0.05, 0) is 73.2 Å². The summed E-state index contributed by atoms with van der Waals surface area (Å²) in [4.78, 5) is 27.8. The van der Waals surface area contributed by atoms with Crippen molar-refractivity contribution in [2.45, 2.75) is 13.0 Å². The van der Waals surface area contributed by atoms with E-state index in [1.807, 2.05) is 31.2 Å². The number of carbonyl (C=O) groups is 2. The van der Waals surface area contributed by atoms with Crippen LogP contribution in [0.15, 0.2) is 82.8 Å². The van der Waals surface area contributed by atoms with Crippen LogP contribution in [0.25, 0.3) is 5.76 Å². The van der Waals surface area contributed by atoms with E-state index in [-0.39, 0.29) is 11.3 Å². The number of hydrogen-bond acceptors (Lipinski definition) is 5. The molecule has 1 aliphatic heterocycles. The largest absolute Gasteiger partial charge is 0.507 e. The molecule has 1 saturated heterocycles. The molecule has 1 amide bonds. The number of hydrogen-bond donors (Lipinski definition) is 1. The summed E-state index contributed by atoms with van der Waals surface area (Å²) in [5.74, 6) is -0.409. The zero-order chi connectivity index (χ0) is 23.5. The quantitative estimate of drug-likeness (QED) is 0.271. The van der Waals surface area contributed by atoms with Crippen molar-refractivity contribution in [3.05, 3.63) is 94.0 Å². The third-order valence-electron chi connectivity index (χ3n) is 5.42. The topological polar surface area (TPSA) is 76.1 Å². The van der Waals surface area contributed by atoms with Crippen LogP contribution in [0.1, 0.15) is 24.1 Å². The highest BCUT2D eigenvalue weighted by Crippen LogP contribution is 2.42. The van der Waals surface area contributed by atoms with Crippen LogP contribution in [0.5, 0.6) is 11.5 Å². The molecule has 0 saturated carbocycles. The van der Waals surface area contributed by atoms with E-state index in [4.69, 9.17) is 9.47 Å². The number of amides is 1. The van der Waals surface area contributed by atoms with Gasteiger partial charge in [-0.3, -0.25) is 14.5 Å². The smallest absolute Gasteiger partial charge is 0.300 e. The Morgan fingerprint density at radius 1 is 0.939 bits per heavy atom. The van der Waals surface area contributed by atoms with E-state index in [1.54, 1.807) is 55.6 Å². The van der Waals surface area contributed by atoms with E-state index in [2.05, 4.69) is 15.9 Å². The number of ether oxygens (including phenoxy) is 2. The summed E-state index contributed by atoms with van der Waals surface area (Å²) < 4.78 is 11.5. The summed E-state index contributed by atoms with van der Waals surface area (Å²) in [6.07, 6.45) is 0. The summed E-state index contributed by atoms with van der Waals surface area (Å²) in [7, 11) is 1.56. The molecule has 168 valence electrons. The van der Waals surface area contributed by atoms with Gasteiger partial charge in [0.2, 0.25) is 0 Å². The lowest BCUT2D eigenvalue weighted by atomic mass is 9.95. The zero-order valence-electron chi connectivity index (χ0n) is 18.1. The Bertz CT molecular complexity index is 1200. The number of carbonyl (C=O) groups excluding carboxylic acids is 2. The molecule has 0 radical (unpaired) electrons. The fraction of sp³-hybridized carbons (Fsp3) is 0.154. The minimum absolute atomic E-state index is 0.0299. The lowest BCUT2D eigenvalue weighted by Crippen LogP contribution is -2.29. The van der Waals surface area contributed by atoms with Crippen LogP contribution in [0, 0.1) is 0 Å². The Labute approximate surface area is 200 Å². The minimum atomic E-state index is -0.793. The lowest BCUT2D eigenvalue weighted by molar-refractivity contribution is -0.132. The number of aliphatic hydroxyl groups is 1. The van der Waals surface area contributed by atoms with Gasteiger partial charge >= 0.3 is 0 Å². The average Bonchev–Trinajstić information content (AvgIpc) is 3.10. The predicted octanol–water partition coefficient (Wildman–Crippen LogP) is 5.48. The summed E-state index contributed by atoms with van der Waals surface area (Å²) in [5, 5.41) is 11.2. The molecule has 1 heterocycles. The maximum atomic E-state index is 13.2. The van der Waals surface area contributed by atoms with E-state index < -0.39 is 17.7 Å². The van der Waals surface area contributed by atoms with Gasteiger partial charge in [0.05, 0.1) is 25.3 Å². The molecular weight excluding hydrogens is 486 g/mol. The van der Waals surface area contributed by atoms with Gasteiger partial charge in [-0.2, -0.15) is 0 Å². The second-order valence-corrected chi connectivity index (χ2v) is 8.29. The standard InChI is InChI=1S/C26H22BrNO5/c1-3-33-21-12-6-17(7-13-21)24(29)22-23(16-4-8-18(27)9-5-16)28(26(31)25(22)30)19-10-14-20(32-2)15-11-19/h4-15,23,29H,3H2,1-2H3/b24-22+. The molecular formula is C26H22BrNO5. The van der Waals surface area contributed by atoms with Gasteiger partial charge in [0.1, 0.15) is 17.3 Å². The number of anilines is 1. The molecule has 0 aromatic heterocycles. The van der Waals surface area contributed by atoms with Gasteiger partial charge in [-0.1, -0.05) is 28.1 Å². The van der Waals surface area contributed by atoms with Crippen LogP contribution in [0.4, 0.5) is 5.69 Å². The van der Waals surface area contributed by atoms with Crippen LogP contribution >= 0.6 is 15.9 Å². The Balaban J connectivity index is 1.86. The summed E-state index contributed by atoms with van der Waals surface area (Å²) >= 11 is 3.42. The molecule has 7 heteroatoms. The number of ketones is 1. The number of aliphatic hydroxyl groups excluding tert-OH is 1. The highest BCUT2D eigenvalue weighted by Gasteiger charge is 2.46. The number of benzene rings is 3. The van der Waals surface area contributed by atoms with E-state index in [0.29, 0.717) is 34.9 Å². The molecule has 0 bridgehead atoms. The maximum Gasteiger partial charge on any atom is 0.300 e. The van der Waals surface area contributed by atoms with E-state index in [9.17, 15) is 14.7 Å². The van der Waals surface area contributed by atoms with Crippen LogP contribution in [0.2, 0.25) is 0 Å². The van der Waals surface area contributed by atoms with E-state index in [1.165, 1.54) is 4.90 Å². The third-order valence-corrected chi connectivity index (χ3v) is 5.95. The fourth-order valence-electron chi connectivity index (χ4n) is 3.83. The first-order chi connectivity index (χ1) is 15.9. The molecule has 0 aliphatic carbocycles. The van der Waals surface area contributed by atoms with Crippen LogP contribution in [0.3, 0.4) is 0 Å². The van der Waals surface area contributed by atoms with Crippen molar-refractivity contribution >= 4 is 39.1 Å². The molecule has 33 heavy (non-hydrogen) atoms. The molecule has 1 N–H and O–H groups in total. The second-order valence-electron chi connectivity index (χ2n) is 7.38. The minimum Gasteiger partial charge on any atom is -0.507 e. The average molecular weight is 508 g/mol. The van der Waals surface area contributed by atoms with Crippen molar-refractivity contribution in [3.63, 3.8) is 0 Å². The Hall–Kier alpha value is -3.58. The van der Waals surface area contributed by atoms with Crippen LogP contribution in [-0.2, 0) is 9.59 Å². The molecule has 4 rings (SSSR count). The number of nitrogens with zero attached hydrogens (tertiary/aromatic N) is 1. The third kappa shape index (κ3) is 4.36. The van der Waals surface area contributed by atoms with Crippen molar-refractivity contribution < 1.29 is 24.2 Å². The Kier molecular flexibility index (Phi) is 6.51. The summed E-state index contributed by atoms with van der Waals surface area (Å²) in [5.41, 5.74) is 1.67. The van der Waals surface area contributed by atoms with E-state index in [0.717, 1.165) is 4.47 Å². The lowest BCUT2D eigenvalue weighted by Gasteiger charge is -2.25. The molecule has 3 aromatic rings. The summed E-state index contributed by atoms with van der Waals surface area (Å²) in [6.45, 7) is 2.40. The van der Waals surface area contributed by atoms with Gasteiger partial charge in [0.25, 0.3) is 11.7 Å². The second kappa shape index (κ2) is 9.50. The summed E-state index contributed by atoms with van der Waals surface area (Å²) in [6, 6.07) is 20.2. The number of rotatable bonds is 6. The molecule has 1 aliphatic rings. The maximum absolute atomic E-state index is 13.2. The van der Waals surface area contributed by atoms with Gasteiger partial charge in [0, 0.05) is 15.7 Å². The molecule has 1 atom stereocenters. The van der Waals surface area contributed by atoms with Crippen molar-refractivity contribution in [2.24, 2.45) is 0 Å². The molecule has 6 nitrogen and oxygen atoms in total. The zero-order valence-corrected chi connectivity index (χ0v) is 19.7. The number of methoxy groups -OCH3 is 1. The Morgan fingerprint density at radius 2 is 1.55 bits per heavy atom. The molecule has 0 spiro atoms. The van der Waals surface area contributed by atoms with Crippen molar-refractivity contribution in [2.75, 3.05) is 18.6 Å². The van der Waals surface area contributed by atoms with Gasteiger partial charge in [-0.25, -0.2) is 0 Å². The van der Waals surface area contributed by atoms with Gasteiger partial charge in [-0.15, -0.1) is 0 Å². The normalized spacial score (nSPS) is 17.3. The van der Waals surface area contributed by atoms with Crippen molar-refractivity contribution in [1.29, 1.82) is 0 Å². The predicted molar refractivity (Wildman–Crippen MR) is 130 cm³/mol. The van der Waals surface area contributed by atoms with Gasteiger partial charge in [0.15, 0.2) is 0 Å². The van der Waals surface area contributed by atoms with E-state index >= 15 is 0 Å². The highest BCUT2D eigenvalue weighted by molar-refractivity contribution is 9.10. The first-order valence-electron chi connectivity index (χ1n) is 10.4. The molecule has 3 aromatic carbocycles. The van der Waals surface area contributed by atoms with Crippen molar-refractivity contribution in [1.82, 2.24) is 0 Å².